The third kappa shape index (κ3) is 6.95. The molecule has 0 aromatic heterocycles. The van der Waals surface area contributed by atoms with Crippen LogP contribution in [-0.2, 0) is 4.74 Å². The van der Waals surface area contributed by atoms with Crippen LogP contribution in [0.4, 0.5) is 0 Å². The fraction of sp³-hybridized carbons (Fsp3) is 0.625. The highest BCUT2D eigenvalue weighted by atomic mass is 35.5. The van der Waals surface area contributed by atoms with Crippen molar-refractivity contribution in [1.82, 2.24) is 5.32 Å². The van der Waals surface area contributed by atoms with E-state index in [0.29, 0.717) is 12.0 Å². The largest absolute Gasteiger partial charge is 0.379 e. The van der Waals surface area contributed by atoms with E-state index in [1.54, 1.807) is 0 Å². The van der Waals surface area contributed by atoms with Gasteiger partial charge in [-0.3, -0.25) is 0 Å². The second-order valence-electron chi connectivity index (χ2n) is 5.16. The fourth-order valence-corrected chi connectivity index (χ4v) is 2.24. The minimum atomic E-state index is 0.295. The van der Waals surface area contributed by atoms with Crippen LogP contribution in [0.2, 0.25) is 5.02 Å². The highest BCUT2D eigenvalue weighted by Crippen LogP contribution is 2.22. The summed E-state index contributed by atoms with van der Waals surface area (Å²) in [5, 5.41) is 4.30. The number of nitrogens with one attached hydrogen (secondary N) is 1. The van der Waals surface area contributed by atoms with Gasteiger partial charge in [-0.15, -0.1) is 0 Å². The lowest BCUT2D eigenvalue weighted by molar-refractivity contribution is 0.0733. The van der Waals surface area contributed by atoms with Crippen molar-refractivity contribution in [2.75, 3.05) is 19.7 Å². The summed E-state index contributed by atoms with van der Waals surface area (Å²) < 4.78 is 5.67. The van der Waals surface area contributed by atoms with Crippen molar-refractivity contribution in [3.05, 3.63) is 34.9 Å². The Balaban J connectivity index is 2.57. The second-order valence-corrected chi connectivity index (χ2v) is 5.60. The van der Waals surface area contributed by atoms with Crippen molar-refractivity contribution < 1.29 is 4.74 Å². The summed E-state index contributed by atoms with van der Waals surface area (Å²) in [5.41, 5.74) is 1.29. The van der Waals surface area contributed by atoms with Gasteiger partial charge >= 0.3 is 0 Å². The van der Waals surface area contributed by atoms with Crippen molar-refractivity contribution in [3.8, 4) is 0 Å². The first kappa shape index (κ1) is 16.5. The number of halogens is 1. The molecule has 108 valence electrons. The maximum Gasteiger partial charge on any atom is 0.0518 e. The van der Waals surface area contributed by atoms with Gasteiger partial charge in [-0.2, -0.15) is 0 Å². The minimum Gasteiger partial charge on any atom is -0.379 e. The Labute approximate surface area is 122 Å². The molecule has 0 fully saturated rings. The van der Waals surface area contributed by atoms with Crippen molar-refractivity contribution in [1.29, 1.82) is 0 Å². The van der Waals surface area contributed by atoms with Gasteiger partial charge < -0.3 is 10.1 Å². The lowest BCUT2D eigenvalue weighted by Crippen LogP contribution is -2.23. The van der Waals surface area contributed by atoms with E-state index < -0.39 is 0 Å². The zero-order chi connectivity index (χ0) is 14.1. The number of ether oxygens (including phenoxy) is 1. The van der Waals surface area contributed by atoms with Gasteiger partial charge in [-0.25, -0.2) is 0 Å². The number of benzene rings is 1. The van der Waals surface area contributed by atoms with Crippen LogP contribution in [0, 0.1) is 0 Å². The monoisotopic (exact) mass is 283 g/mol. The Hall–Kier alpha value is -0.570. The Morgan fingerprint density at radius 3 is 2.74 bits per heavy atom. The number of hydrogen-bond donors (Lipinski definition) is 1. The quantitative estimate of drug-likeness (QED) is 0.685. The van der Waals surface area contributed by atoms with Gasteiger partial charge in [-0.05, 0) is 56.8 Å². The molecule has 1 N–H and O–H groups in total. The first-order valence-electron chi connectivity index (χ1n) is 7.21. The van der Waals surface area contributed by atoms with Gasteiger partial charge in [0.05, 0.1) is 6.10 Å². The van der Waals surface area contributed by atoms with Crippen LogP contribution in [0.25, 0.3) is 0 Å². The Morgan fingerprint density at radius 1 is 1.32 bits per heavy atom. The van der Waals surface area contributed by atoms with Crippen molar-refractivity contribution in [2.45, 2.75) is 45.6 Å². The molecule has 0 spiro atoms. The van der Waals surface area contributed by atoms with E-state index in [2.05, 4.69) is 38.2 Å². The molecule has 0 bridgehead atoms. The van der Waals surface area contributed by atoms with Crippen LogP contribution in [0.3, 0.4) is 0 Å². The highest BCUT2D eigenvalue weighted by molar-refractivity contribution is 6.30. The lowest BCUT2D eigenvalue weighted by atomic mass is 9.96. The summed E-state index contributed by atoms with van der Waals surface area (Å²) in [6, 6.07) is 8.16. The summed E-state index contributed by atoms with van der Waals surface area (Å²) in [5.74, 6) is 0.462. The molecular weight excluding hydrogens is 258 g/mol. The fourth-order valence-electron chi connectivity index (χ4n) is 2.05. The summed E-state index contributed by atoms with van der Waals surface area (Å²) in [6.45, 7) is 9.16. The molecule has 2 nitrogen and oxygen atoms in total. The zero-order valence-electron chi connectivity index (χ0n) is 12.3. The average Bonchev–Trinajstić information content (AvgIpc) is 2.37. The maximum absolute atomic E-state index is 6.08. The van der Waals surface area contributed by atoms with E-state index in [9.17, 15) is 0 Å². The van der Waals surface area contributed by atoms with Crippen molar-refractivity contribution >= 4 is 11.6 Å². The Morgan fingerprint density at radius 2 is 2.11 bits per heavy atom. The molecule has 0 aliphatic rings. The molecule has 1 unspecified atom stereocenters. The smallest absolute Gasteiger partial charge is 0.0518 e. The SMILES string of the molecule is CCCNCC(CCOC(C)C)c1cccc(Cl)c1. The topological polar surface area (TPSA) is 21.3 Å². The van der Waals surface area contributed by atoms with Gasteiger partial charge in [-0.1, -0.05) is 30.7 Å². The van der Waals surface area contributed by atoms with E-state index in [4.69, 9.17) is 16.3 Å². The number of rotatable bonds is 9. The van der Waals surface area contributed by atoms with Gasteiger partial charge in [0.15, 0.2) is 0 Å². The predicted molar refractivity (Wildman–Crippen MR) is 83.1 cm³/mol. The molecule has 0 saturated carbocycles. The summed E-state index contributed by atoms with van der Waals surface area (Å²) in [4.78, 5) is 0. The van der Waals surface area contributed by atoms with E-state index in [0.717, 1.165) is 37.6 Å². The summed E-state index contributed by atoms with van der Waals surface area (Å²) in [7, 11) is 0. The molecule has 3 heteroatoms. The molecule has 0 saturated heterocycles. The molecule has 1 aromatic carbocycles. The Bertz CT molecular complexity index is 354. The van der Waals surface area contributed by atoms with Crippen LogP contribution in [0.15, 0.2) is 24.3 Å². The van der Waals surface area contributed by atoms with Gasteiger partial charge in [0, 0.05) is 18.2 Å². The zero-order valence-corrected chi connectivity index (χ0v) is 13.0. The summed E-state index contributed by atoms with van der Waals surface area (Å²) in [6.07, 6.45) is 2.48. The van der Waals surface area contributed by atoms with E-state index in [1.807, 2.05) is 12.1 Å². The van der Waals surface area contributed by atoms with Gasteiger partial charge in [0.25, 0.3) is 0 Å². The van der Waals surface area contributed by atoms with E-state index in [-0.39, 0.29) is 0 Å². The van der Waals surface area contributed by atoms with Crippen LogP contribution in [0.1, 0.15) is 45.1 Å². The molecular formula is C16H26ClNO. The lowest BCUT2D eigenvalue weighted by Gasteiger charge is -2.19. The molecule has 19 heavy (non-hydrogen) atoms. The third-order valence-corrected chi connectivity index (χ3v) is 3.29. The minimum absolute atomic E-state index is 0.295. The Kier molecular flexibility index (Phi) is 8.11. The van der Waals surface area contributed by atoms with Crippen LogP contribution in [0.5, 0.6) is 0 Å². The standard InChI is InChI=1S/C16H26ClNO/c1-4-9-18-12-15(8-10-19-13(2)3)14-6-5-7-16(17)11-14/h5-7,11,13,15,18H,4,8-10,12H2,1-3H3. The van der Waals surface area contributed by atoms with Crippen LogP contribution in [-0.4, -0.2) is 25.8 Å². The molecule has 1 rings (SSSR count). The van der Waals surface area contributed by atoms with Crippen molar-refractivity contribution in [2.24, 2.45) is 0 Å². The van der Waals surface area contributed by atoms with Gasteiger partial charge in [0.1, 0.15) is 0 Å². The second kappa shape index (κ2) is 9.35. The first-order chi connectivity index (χ1) is 9.13. The highest BCUT2D eigenvalue weighted by Gasteiger charge is 2.12. The van der Waals surface area contributed by atoms with Crippen LogP contribution < -0.4 is 5.32 Å². The molecule has 0 radical (unpaired) electrons. The molecule has 1 aromatic rings. The predicted octanol–water partition coefficient (Wildman–Crippen LogP) is 4.24. The normalized spacial score (nSPS) is 12.9. The average molecular weight is 284 g/mol. The van der Waals surface area contributed by atoms with Gasteiger partial charge in [0.2, 0.25) is 0 Å². The van der Waals surface area contributed by atoms with Crippen molar-refractivity contribution in [3.63, 3.8) is 0 Å². The number of hydrogen-bond acceptors (Lipinski definition) is 2. The molecule has 0 heterocycles. The summed E-state index contributed by atoms with van der Waals surface area (Å²) >= 11 is 6.08. The molecule has 0 aliphatic heterocycles. The van der Waals surface area contributed by atoms with Crippen LogP contribution >= 0.6 is 11.6 Å². The van der Waals surface area contributed by atoms with E-state index >= 15 is 0 Å². The first-order valence-corrected chi connectivity index (χ1v) is 7.59. The third-order valence-electron chi connectivity index (χ3n) is 3.06. The molecule has 0 amide bonds. The van der Waals surface area contributed by atoms with E-state index in [1.165, 1.54) is 5.56 Å². The maximum atomic E-state index is 6.08. The molecule has 1 atom stereocenters. The molecule has 0 aliphatic carbocycles.